The van der Waals surface area contributed by atoms with Crippen LogP contribution in [0.25, 0.3) is 0 Å². The van der Waals surface area contributed by atoms with E-state index in [0.29, 0.717) is 0 Å². The summed E-state index contributed by atoms with van der Waals surface area (Å²) in [5.41, 5.74) is -0.347. The van der Waals surface area contributed by atoms with Gasteiger partial charge in [0, 0.05) is 6.07 Å². The molecule has 1 N–H and O–H groups in total. The average Bonchev–Trinajstić information content (AvgIpc) is 2.39. The first-order valence-corrected chi connectivity index (χ1v) is 5.05. The van der Waals surface area contributed by atoms with Gasteiger partial charge in [0.1, 0.15) is 11.3 Å². The number of carbonyl (C=O) groups is 1. The molecule has 0 fully saturated rings. The lowest BCUT2D eigenvalue weighted by Gasteiger charge is -2.05. The number of aromatic carboxylic acids is 1. The molecule has 1 heterocycles. The van der Waals surface area contributed by atoms with Crippen molar-refractivity contribution >= 4 is 11.7 Å². The minimum atomic E-state index is -1.23. The number of hydrogen-bond donors (Lipinski definition) is 1. The third-order valence-electron chi connectivity index (χ3n) is 2.16. The molecule has 0 bridgehead atoms. The summed E-state index contributed by atoms with van der Waals surface area (Å²) in [6.07, 6.45) is 1.21. The molecule has 8 nitrogen and oxygen atoms in total. The monoisotopic (exact) mass is 261 g/mol. The third kappa shape index (κ3) is 2.80. The topological polar surface area (TPSA) is 115 Å². The van der Waals surface area contributed by atoms with Crippen LogP contribution in [0.15, 0.2) is 36.5 Å². The quantitative estimate of drug-likeness (QED) is 0.659. The molecule has 19 heavy (non-hydrogen) atoms. The van der Waals surface area contributed by atoms with E-state index < -0.39 is 10.9 Å². The Labute approximate surface area is 106 Å². The average molecular weight is 261 g/mol. The molecular formula is C11H7N3O5. The van der Waals surface area contributed by atoms with Gasteiger partial charge < -0.3 is 9.84 Å². The zero-order chi connectivity index (χ0) is 13.8. The van der Waals surface area contributed by atoms with Gasteiger partial charge in [0.2, 0.25) is 0 Å². The lowest BCUT2D eigenvalue weighted by molar-refractivity contribution is -0.384. The second kappa shape index (κ2) is 5.08. The summed E-state index contributed by atoms with van der Waals surface area (Å²) < 4.78 is 5.20. The van der Waals surface area contributed by atoms with Gasteiger partial charge in [0.05, 0.1) is 17.2 Å². The van der Waals surface area contributed by atoms with Crippen molar-refractivity contribution in [3.8, 4) is 11.6 Å². The predicted octanol–water partition coefficient (Wildman–Crippen LogP) is 1.88. The van der Waals surface area contributed by atoms with E-state index in [9.17, 15) is 14.9 Å². The number of nitrogens with zero attached hydrogens (tertiary/aromatic N) is 3. The Morgan fingerprint density at radius 3 is 2.84 bits per heavy atom. The first kappa shape index (κ1) is 12.4. The van der Waals surface area contributed by atoms with Crippen LogP contribution >= 0.6 is 0 Å². The molecule has 0 unspecified atom stereocenters. The van der Waals surface area contributed by atoms with E-state index in [0.717, 1.165) is 0 Å². The van der Waals surface area contributed by atoms with Crippen LogP contribution in [0.3, 0.4) is 0 Å². The van der Waals surface area contributed by atoms with Gasteiger partial charge in [0.15, 0.2) is 0 Å². The molecule has 0 saturated heterocycles. The van der Waals surface area contributed by atoms with Crippen molar-refractivity contribution in [2.75, 3.05) is 0 Å². The van der Waals surface area contributed by atoms with E-state index in [1.165, 1.54) is 36.5 Å². The maximum absolute atomic E-state index is 10.9. The lowest BCUT2D eigenvalue weighted by Crippen LogP contribution is -2.03. The zero-order valence-electron chi connectivity index (χ0n) is 9.39. The highest BCUT2D eigenvalue weighted by Gasteiger charge is 2.14. The van der Waals surface area contributed by atoms with E-state index in [-0.39, 0.29) is 22.9 Å². The number of rotatable bonds is 4. The van der Waals surface area contributed by atoms with E-state index >= 15 is 0 Å². The number of benzene rings is 1. The maximum Gasteiger partial charge on any atom is 0.341 e. The Hall–Kier alpha value is -3.03. The molecule has 0 saturated carbocycles. The normalized spacial score (nSPS) is 9.89. The lowest BCUT2D eigenvalue weighted by atomic mass is 10.3. The van der Waals surface area contributed by atoms with Gasteiger partial charge in [0.25, 0.3) is 11.6 Å². The Bertz CT molecular complexity index is 644. The Morgan fingerprint density at radius 1 is 1.37 bits per heavy atom. The van der Waals surface area contributed by atoms with Crippen molar-refractivity contribution in [2.24, 2.45) is 0 Å². The number of nitro benzene ring substituents is 1. The number of carboxylic acid groups (broad SMARTS) is 1. The van der Waals surface area contributed by atoms with Crippen LogP contribution in [-0.4, -0.2) is 26.2 Å². The zero-order valence-corrected chi connectivity index (χ0v) is 9.39. The van der Waals surface area contributed by atoms with Crippen LogP contribution in [0.1, 0.15) is 10.4 Å². The highest BCUT2D eigenvalue weighted by Crippen LogP contribution is 2.25. The number of nitro groups is 1. The van der Waals surface area contributed by atoms with Crippen molar-refractivity contribution in [2.45, 2.75) is 0 Å². The van der Waals surface area contributed by atoms with Gasteiger partial charge in [-0.1, -0.05) is 6.07 Å². The maximum atomic E-state index is 10.9. The van der Waals surface area contributed by atoms with Crippen LogP contribution in [0.4, 0.5) is 5.69 Å². The highest BCUT2D eigenvalue weighted by molar-refractivity contribution is 5.90. The molecule has 8 heteroatoms. The standard InChI is InChI=1S/C11H7N3O5/c15-11(16)9-4-5-12-13-10(9)19-8-3-1-2-7(6-8)14(17)18/h1-6H,(H,15,16). The van der Waals surface area contributed by atoms with E-state index in [2.05, 4.69) is 10.2 Å². The predicted molar refractivity (Wildman–Crippen MR) is 62.2 cm³/mol. The van der Waals surface area contributed by atoms with Crippen molar-refractivity contribution < 1.29 is 19.6 Å². The minimum absolute atomic E-state index is 0.109. The molecule has 1 aromatic heterocycles. The van der Waals surface area contributed by atoms with Gasteiger partial charge in [-0.2, -0.15) is 5.10 Å². The molecule has 0 radical (unpaired) electrons. The van der Waals surface area contributed by atoms with E-state index in [1.807, 2.05) is 0 Å². The fourth-order valence-electron chi connectivity index (χ4n) is 1.33. The molecule has 96 valence electrons. The van der Waals surface area contributed by atoms with Crippen molar-refractivity contribution in [1.29, 1.82) is 0 Å². The fraction of sp³-hybridized carbons (Fsp3) is 0. The molecular weight excluding hydrogens is 254 g/mol. The molecule has 0 aliphatic carbocycles. The first-order chi connectivity index (χ1) is 9.08. The second-order valence-electron chi connectivity index (χ2n) is 3.41. The summed E-state index contributed by atoms with van der Waals surface area (Å²) in [6, 6.07) is 6.56. The fourth-order valence-corrected chi connectivity index (χ4v) is 1.33. The molecule has 0 aliphatic heterocycles. The summed E-state index contributed by atoms with van der Waals surface area (Å²) in [6.45, 7) is 0. The first-order valence-electron chi connectivity index (χ1n) is 5.05. The molecule has 2 aromatic rings. The van der Waals surface area contributed by atoms with E-state index in [1.54, 1.807) is 0 Å². The molecule has 0 spiro atoms. The summed E-state index contributed by atoms with van der Waals surface area (Å²) in [7, 11) is 0. The molecule has 1 aromatic carbocycles. The summed E-state index contributed by atoms with van der Waals surface area (Å²) in [5.74, 6) is -1.34. The van der Waals surface area contributed by atoms with Gasteiger partial charge >= 0.3 is 5.97 Å². The second-order valence-corrected chi connectivity index (χ2v) is 3.41. The van der Waals surface area contributed by atoms with Crippen LogP contribution in [0.5, 0.6) is 11.6 Å². The molecule has 2 rings (SSSR count). The molecule has 0 atom stereocenters. The number of ether oxygens (including phenoxy) is 1. The Kier molecular flexibility index (Phi) is 3.33. The van der Waals surface area contributed by atoms with Gasteiger partial charge in [-0.25, -0.2) is 4.79 Å². The summed E-state index contributed by atoms with van der Waals surface area (Å²) >= 11 is 0. The van der Waals surface area contributed by atoms with Crippen molar-refractivity contribution in [3.63, 3.8) is 0 Å². The van der Waals surface area contributed by atoms with Gasteiger partial charge in [-0.3, -0.25) is 10.1 Å². The Morgan fingerprint density at radius 2 is 2.16 bits per heavy atom. The SMILES string of the molecule is O=C(O)c1ccnnc1Oc1cccc([N+](=O)[O-])c1. The smallest absolute Gasteiger partial charge is 0.341 e. The van der Waals surface area contributed by atoms with Gasteiger partial charge in [-0.05, 0) is 12.1 Å². The Balaban J connectivity index is 2.34. The number of non-ortho nitro benzene ring substituents is 1. The summed E-state index contributed by atoms with van der Waals surface area (Å²) in [5, 5.41) is 26.6. The number of carboxylic acids is 1. The van der Waals surface area contributed by atoms with Crippen LogP contribution in [0.2, 0.25) is 0 Å². The van der Waals surface area contributed by atoms with Crippen LogP contribution in [-0.2, 0) is 0 Å². The van der Waals surface area contributed by atoms with Crippen molar-refractivity contribution in [3.05, 3.63) is 52.2 Å². The van der Waals surface area contributed by atoms with Gasteiger partial charge in [-0.15, -0.1) is 5.10 Å². The molecule has 0 aliphatic rings. The van der Waals surface area contributed by atoms with Crippen LogP contribution < -0.4 is 4.74 Å². The van der Waals surface area contributed by atoms with Crippen molar-refractivity contribution in [1.82, 2.24) is 10.2 Å². The molecule has 0 amide bonds. The number of aromatic nitrogens is 2. The largest absolute Gasteiger partial charge is 0.477 e. The summed E-state index contributed by atoms with van der Waals surface area (Å²) in [4.78, 5) is 21.0. The third-order valence-corrected chi connectivity index (χ3v) is 2.16. The highest BCUT2D eigenvalue weighted by atomic mass is 16.6. The van der Waals surface area contributed by atoms with Crippen LogP contribution in [0, 0.1) is 10.1 Å². The number of hydrogen-bond acceptors (Lipinski definition) is 6. The minimum Gasteiger partial charge on any atom is -0.477 e. The van der Waals surface area contributed by atoms with E-state index in [4.69, 9.17) is 9.84 Å².